The molecule has 0 heterocycles. The average molecular weight is 352 g/mol. The van der Waals surface area contributed by atoms with Crippen molar-refractivity contribution in [3.05, 3.63) is 53.6 Å². The minimum absolute atomic E-state index is 0.149. The first kappa shape index (κ1) is 16.0. The third kappa shape index (κ3) is 3.39. The highest BCUT2D eigenvalue weighted by Gasteiger charge is 2.19. The maximum Gasteiger partial charge on any atom is 0.261 e. The number of nitrogens with one attached hydrogen (secondary N) is 1. The summed E-state index contributed by atoms with van der Waals surface area (Å²) < 4.78 is 50.1. The molecule has 1 aliphatic rings. The van der Waals surface area contributed by atoms with Crippen LogP contribution in [0.2, 0.25) is 0 Å². The van der Waals surface area contributed by atoms with Gasteiger partial charge in [0.15, 0.2) is 0 Å². The summed E-state index contributed by atoms with van der Waals surface area (Å²) in [5.74, 6) is 0. The van der Waals surface area contributed by atoms with Crippen LogP contribution in [0.25, 0.3) is 0 Å². The number of aryl methyl sites for hydroxylation is 2. The van der Waals surface area contributed by atoms with Crippen molar-refractivity contribution in [1.82, 2.24) is 0 Å². The van der Waals surface area contributed by atoms with Crippen molar-refractivity contribution in [2.75, 3.05) is 4.72 Å². The minimum Gasteiger partial charge on any atom is -0.280 e. The molecule has 0 unspecified atom stereocenters. The van der Waals surface area contributed by atoms with Gasteiger partial charge in [-0.3, -0.25) is 4.72 Å². The molecule has 0 spiro atoms. The van der Waals surface area contributed by atoms with E-state index in [4.69, 9.17) is 5.14 Å². The van der Waals surface area contributed by atoms with E-state index in [1.54, 1.807) is 6.07 Å². The van der Waals surface area contributed by atoms with Crippen molar-refractivity contribution < 1.29 is 16.8 Å². The highest BCUT2D eigenvalue weighted by atomic mass is 32.2. The lowest BCUT2D eigenvalue weighted by Gasteiger charge is -2.10. The van der Waals surface area contributed by atoms with Crippen molar-refractivity contribution in [2.24, 2.45) is 5.14 Å². The van der Waals surface area contributed by atoms with Crippen molar-refractivity contribution in [1.29, 1.82) is 0 Å². The molecule has 1 aliphatic carbocycles. The van der Waals surface area contributed by atoms with Gasteiger partial charge in [0, 0.05) is 5.69 Å². The van der Waals surface area contributed by atoms with Crippen LogP contribution in [-0.4, -0.2) is 16.8 Å². The molecule has 0 aliphatic heterocycles. The van der Waals surface area contributed by atoms with E-state index in [2.05, 4.69) is 4.72 Å². The minimum atomic E-state index is -3.96. The summed E-state index contributed by atoms with van der Waals surface area (Å²) in [6, 6.07) is 10.4. The Morgan fingerprint density at radius 1 is 0.870 bits per heavy atom. The van der Waals surface area contributed by atoms with Gasteiger partial charge < -0.3 is 0 Å². The number of anilines is 1. The lowest BCUT2D eigenvalue weighted by molar-refractivity contribution is 0.597. The summed E-state index contributed by atoms with van der Waals surface area (Å²) in [6.07, 6.45) is 3.02. The second-order valence-corrected chi connectivity index (χ2v) is 8.71. The van der Waals surface area contributed by atoms with Crippen molar-refractivity contribution in [3.63, 3.8) is 0 Å². The smallest absolute Gasteiger partial charge is 0.261 e. The first-order valence-corrected chi connectivity index (χ1v) is 10.1. The molecule has 122 valence electrons. The number of nitrogens with two attached hydrogens (primary N) is 1. The number of primary sulfonamides is 1. The average Bonchev–Trinajstić information content (AvgIpc) is 2.93. The summed E-state index contributed by atoms with van der Waals surface area (Å²) in [4.78, 5) is -0.390. The normalized spacial score (nSPS) is 14.5. The lowest BCUT2D eigenvalue weighted by atomic mass is 10.1. The van der Waals surface area contributed by atoms with E-state index < -0.39 is 20.0 Å². The van der Waals surface area contributed by atoms with Crippen molar-refractivity contribution in [2.45, 2.75) is 29.1 Å². The highest BCUT2D eigenvalue weighted by Crippen LogP contribution is 2.26. The van der Waals surface area contributed by atoms with E-state index in [9.17, 15) is 16.8 Å². The Morgan fingerprint density at radius 3 is 2.30 bits per heavy atom. The molecule has 0 saturated carbocycles. The molecular formula is C15H16N2O4S2. The molecule has 0 bridgehead atoms. The fourth-order valence-corrected chi connectivity index (χ4v) is 4.40. The maximum absolute atomic E-state index is 12.4. The van der Waals surface area contributed by atoms with Crippen LogP contribution in [0.3, 0.4) is 0 Å². The van der Waals surface area contributed by atoms with Crippen LogP contribution in [0.5, 0.6) is 0 Å². The Hall–Kier alpha value is -1.90. The van der Waals surface area contributed by atoms with Gasteiger partial charge in [-0.1, -0.05) is 12.1 Å². The van der Waals surface area contributed by atoms with Crippen LogP contribution < -0.4 is 9.86 Å². The van der Waals surface area contributed by atoms with Gasteiger partial charge >= 0.3 is 0 Å². The molecule has 0 aromatic heterocycles. The van der Waals surface area contributed by atoms with Gasteiger partial charge in [0.1, 0.15) is 0 Å². The largest absolute Gasteiger partial charge is 0.280 e. The van der Waals surface area contributed by atoms with E-state index in [-0.39, 0.29) is 9.79 Å². The summed E-state index contributed by atoms with van der Waals surface area (Å²) in [7, 11) is -7.84. The molecule has 3 rings (SSSR count). The van der Waals surface area contributed by atoms with Crippen LogP contribution in [-0.2, 0) is 32.9 Å². The Kier molecular flexibility index (Phi) is 3.91. The third-order valence-corrected chi connectivity index (χ3v) is 6.09. The molecule has 0 atom stereocenters. The molecule has 6 nitrogen and oxygen atoms in total. The van der Waals surface area contributed by atoms with Gasteiger partial charge in [-0.25, -0.2) is 22.0 Å². The van der Waals surface area contributed by atoms with Gasteiger partial charge in [0.05, 0.1) is 9.79 Å². The first-order chi connectivity index (χ1) is 10.8. The molecule has 2 aromatic rings. The molecule has 23 heavy (non-hydrogen) atoms. The molecule has 0 saturated heterocycles. The summed E-state index contributed by atoms with van der Waals surface area (Å²) in [5, 5.41) is 5.04. The van der Waals surface area contributed by atoms with Crippen LogP contribution >= 0.6 is 0 Å². The van der Waals surface area contributed by atoms with Crippen molar-refractivity contribution >= 4 is 25.7 Å². The number of fused-ring (bicyclic) bond motifs is 1. The SMILES string of the molecule is NS(=O)(=O)c1cccc(S(=O)(=O)Nc2ccc3c(c2)CCC3)c1. The molecule has 0 fully saturated rings. The fraction of sp³-hybridized carbons (Fsp3) is 0.200. The molecule has 0 radical (unpaired) electrons. The lowest BCUT2D eigenvalue weighted by Crippen LogP contribution is -2.16. The predicted octanol–water partition coefficient (Wildman–Crippen LogP) is 1.62. The van der Waals surface area contributed by atoms with Gasteiger partial charge in [-0.2, -0.15) is 0 Å². The zero-order valence-electron chi connectivity index (χ0n) is 12.2. The van der Waals surface area contributed by atoms with Gasteiger partial charge in [0.25, 0.3) is 10.0 Å². The van der Waals surface area contributed by atoms with E-state index in [1.165, 1.54) is 23.8 Å². The van der Waals surface area contributed by atoms with Crippen LogP contribution in [0.4, 0.5) is 5.69 Å². The van der Waals surface area contributed by atoms with E-state index >= 15 is 0 Å². The quantitative estimate of drug-likeness (QED) is 0.872. The zero-order valence-corrected chi connectivity index (χ0v) is 13.8. The Bertz CT molecular complexity index is 967. The Morgan fingerprint density at radius 2 is 1.57 bits per heavy atom. The molecular weight excluding hydrogens is 336 g/mol. The Balaban J connectivity index is 1.93. The zero-order chi connectivity index (χ0) is 16.7. The monoisotopic (exact) mass is 352 g/mol. The molecule has 0 amide bonds. The number of sulfonamides is 2. The summed E-state index contributed by atoms with van der Waals surface area (Å²) in [5.41, 5.74) is 2.85. The van der Waals surface area contributed by atoms with Crippen LogP contribution in [0.15, 0.2) is 52.3 Å². The van der Waals surface area contributed by atoms with Gasteiger partial charge in [-0.15, -0.1) is 0 Å². The number of hydrogen-bond donors (Lipinski definition) is 2. The second-order valence-electron chi connectivity index (χ2n) is 5.46. The van der Waals surface area contributed by atoms with E-state index in [0.29, 0.717) is 5.69 Å². The van der Waals surface area contributed by atoms with Crippen molar-refractivity contribution in [3.8, 4) is 0 Å². The Labute approximate surface area is 135 Å². The molecule has 8 heteroatoms. The number of rotatable bonds is 4. The van der Waals surface area contributed by atoms with Crippen LogP contribution in [0.1, 0.15) is 17.5 Å². The summed E-state index contributed by atoms with van der Waals surface area (Å²) >= 11 is 0. The third-order valence-electron chi connectivity index (χ3n) is 3.80. The number of hydrogen-bond acceptors (Lipinski definition) is 4. The maximum atomic E-state index is 12.4. The van der Waals surface area contributed by atoms with E-state index in [0.717, 1.165) is 30.9 Å². The fourth-order valence-electron chi connectivity index (χ4n) is 2.67. The second kappa shape index (κ2) is 5.63. The highest BCUT2D eigenvalue weighted by molar-refractivity contribution is 7.93. The number of benzene rings is 2. The first-order valence-electron chi connectivity index (χ1n) is 7.03. The van der Waals surface area contributed by atoms with E-state index in [1.807, 2.05) is 12.1 Å². The van der Waals surface area contributed by atoms with Gasteiger partial charge in [-0.05, 0) is 60.7 Å². The molecule has 2 aromatic carbocycles. The topological polar surface area (TPSA) is 106 Å². The predicted molar refractivity (Wildman–Crippen MR) is 87.1 cm³/mol. The summed E-state index contributed by atoms with van der Waals surface area (Å²) in [6.45, 7) is 0. The van der Waals surface area contributed by atoms with Crippen LogP contribution in [0, 0.1) is 0 Å². The molecule has 3 N–H and O–H groups in total. The standard InChI is InChI=1S/C15H16N2O4S2/c16-22(18,19)14-5-2-6-15(10-14)23(20,21)17-13-8-7-11-3-1-4-12(11)9-13/h2,5-10,17H,1,3-4H2,(H2,16,18,19). The van der Waals surface area contributed by atoms with Gasteiger partial charge in [0.2, 0.25) is 10.0 Å².